The van der Waals surface area contributed by atoms with Crippen molar-refractivity contribution in [3.05, 3.63) is 42.1 Å². The minimum Gasteiger partial charge on any atom is -0.486 e. The highest BCUT2D eigenvalue weighted by Gasteiger charge is 2.11. The molecule has 0 saturated heterocycles. The van der Waals surface area contributed by atoms with Gasteiger partial charge >= 0.3 is 0 Å². The minimum atomic E-state index is 0.612. The van der Waals surface area contributed by atoms with Crippen LogP contribution in [0.1, 0.15) is 5.56 Å². The van der Waals surface area contributed by atoms with Crippen LogP contribution in [0.4, 0.5) is 11.5 Å². The summed E-state index contributed by atoms with van der Waals surface area (Å²) in [4.78, 5) is 4.07. The number of pyridine rings is 1. The standard InChI is InChI=1S/C15H18N4O2/c16-19-15-10-12(4-6-18-15)17-5-3-11-1-2-13-14(9-11)21-8-7-20-13/h1-2,4,6,9-10H,3,5,7-8,16H2,(H2,17,18,19). The number of nitrogens with one attached hydrogen (secondary N) is 2. The second kappa shape index (κ2) is 6.32. The summed E-state index contributed by atoms with van der Waals surface area (Å²) in [5.41, 5.74) is 4.72. The van der Waals surface area contributed by atoms with Crippen LogP contribution in [0, 0.1) is 0 Å². The van der Waals surface area contributed by atoms with Crippen molar-refractivity contribution in [3.8, 4) is 11.5 Å². The lowest BCUT2D eigenvalue weighted by atomic mass is 10.1. The van der Waals surface area contributed by atoms with Crippen LogP contribution < -0.4 is 26.1 Å². The first-order chi connectivity index (χ1) is 10.3. The van der Waals surface area contributed by atoms with Crippen LogP contribution in [0.2, 0.25) is 0 Å². The van der Waals surface area contributed by atoms with Crippen LogP contribution in [0.25, 0.3) is 0 Å². The van der Waals surface area contributed by atoms with E-state index >= 15 is 0 Å². The number of rotatable bonds is 5. The number of nitrogen functional groups attached to an aromatic ring is 1. The molecule has 0 aliphatic carbocycles. The maximum Gasteiger partial charge on any atom is 0.161 e. The molecule has 1 aromatic heterocycles. The van der Waals surface area contributed by atoms with Crippen molar-refractivity contribution < 1.29 is 9.47 Å². The topological polar surface area (TPSA) is 81.4 Å². The Morgan fingerprint density at radius 3 is 2.81 bits per heavy atom. The van der Waals surface area contributed by atoms with Crippen LogP contribution in [-0.2, 0) is 6.42 Å². The lowest BCUT2D eigenvalue weighted by Gasteiger charge is -2.19. The lowest BCUT2D eigenvalue weighted by Crippen LogP contribution is -2.15. The highest BCUT2D eigenvalue weighted by Crippen LogP contribution is 2.30. The molecule has 2 heterocycles. The minimum absolute atomic E-state index is 0.612. The highest BCUT2D eigenvalue weighted by molar-refractivity contribution is 5.51. The average molecular weight is 286 g/mol. The number of hydrogen-bond acceptors (Lipinski definition) is 6. The van der Waals surface area contributed by atoms with E-state index in [-0.39, 0.29) is 0 Å². The molecular formula is C15H18N4O2. The fourth-order valence-electron chi connectivity index (χ4n) is 2.21. The smallest absolute Gasteiger partial charge is 0.161 e. The van der Waals surface area contributed by atoms with Gasteiger partial charge in [-0.25, -0.2) is 10.8 Å². The zero-order chi connectivity index (χ0) is 14.5. The van der Waals surface area contributed by atoms with Gasteiger partial charge in [0.05, 0.1) is 0 Å². The average Bonchev–Trinajstić information content (AvgIpc) is 2.55. The summed E-state index contributed by atoms with van der Waals surface area (Å²) in [6, 6.07) is 9.84. The van der Waals surface area contributed by atoms with E-state index in [1.807, 2.05) is 24.3 Å². The van der Waals surface area contributed by atoms with Crippen molar-refractivity contribution >= 4 is 11.5 Å². The molecule has 0 saturated carbocycles. The molecule has 0 fully saturated rings. The van der Waals surface area contributed by atoms with Gasteiger partial charge in [0.25, 0.3) is 0 Å². The second-order valence-corrected chi connectivity index (χ2v) is 4.73. The van der Waals surface area contributed by atoms with Gasteiger partial charge in [0.1, 0.15) is 19.0 Å². The molecule has 6 heteroatoms. The van der Waals surface area contributed by atoms with Gasteiger partial charge in [-0.1, -0.05) is 6.07 Å². The summed E-state index contributed by atoms with van der Waals surface area (Å²) in [5, 5.41) is 3.34. The van der Waals surface area contributed by atoms with Crippen LogP contribution in [0.3, 0.4) is 0 Å². The van der Waals surface area contributed by atoms with Crippen LogP contribution in [-0.4, -0.2) is 24.7 Å². The largest absolute Gasteiger partial charge is 0.486 e. The summed E-state index contributed by atoms with van der Waals surface area (Å²) >= 11 is 0. The van der Waals surface area contributed by atoms with Gasteiger partial charge in [-0.2, -0.15) is 0 Å². The molecule has 0 unspecified atom stereocenters. The number of ether oxygens (including phenoxy) is 2. The van der Waals surface area contributed by atoms with E-state index in [1.54, 1.807) is 6.20 Å². The van der Waals surface area contributed by atoms with Crippen LogP contribution in [0.5, 0.6) is 11.5 Å². The third-order valence-corrected chi connectivity index (χ3v) is 3.26. The zero-order valence-electron chi connectivity index (χ0n) is 11.6. The van der Waals surface area contributed by atoms with Gasteiger partial charge in [-0.3, -0.25) is 0 Å². The quantitative estimate of drug-likeness (QED) is 0.574. The van der Waals surface area contributed by atoms with Crippen molar-refractivity contribution in [2.45, 2.75) is 6.42 Å². The molecule has 1 aliphatic heterocycles. The van der Waals surface area contributed by atoms with Gasteiger partial charge in [-0.05, 0) is 30.2 Å². The molecular weight excluding hydrogens is 268 g/mol. The molecule has 110 valence electrons. The number of aromatic nitrogens is 1. The van der Waals surface area contributed by atoms with Gasteiger partial charge in [0, 0.05) is 24.5 Å². The number of hydrogen-bond donors (Lipinski definition) is 3. The first kappa shape index (κ1) is 13.5. The molecule has 3 rings (SSSR count). The Labute approximate surface area is 123 Å². The first-order valence-corrected chi connectivity index (χ1v) is 6.90. The Morgan fingerprint density at radius 2 is 1.95 bits per heavy atom. The Hall–Kier alpha value is -2.47. The van der Waals surface area contributed by atoms with E-state index in [1.165, 1.54) is 5.56 Å². The Balaban J connectivity index is 1.57. The van der Waals surface area contributed by atoms with E-state index in [0.717, 1.165) is 30.2 Å². The molecule has 4 N–H and O–H groups in total. The highest BCUT2D eigenvalue weighted by atomic mass is 16.6. The van der Waals surface area contributed by atoms with Gasteiger partial charge in [0.15, 0.2) is 11.5 Å². The van der Waals surface area contributed by atoms with Crippen molar-refractivity contribution in [1.29, 1.82) is 0 Å². The maximum atomic E-state index is 5.58. The maximum absolute atomic E-state index is 5.58. The van der Waals surface area contributed by atoms with Crippen LogP contribution in [0.15, 0.2) is 36.5 Å². The SMILES string of the molecule is NNc1cc(NCCc2ccc3c(c2)OCCO3)ccn1. The summed E-state index contributed by atoms with van der Waals surface area (Å²) in [6.45, 7) is 2.04. The number of fused-ring (bicyclic) bond motifs is 1. The predicted octanol–water partition coefficient (Wildman–Crippen LogP) is 1.79. The number of benzene rings is 1. The third-order valence-electron chi connectivity index (χ3n) is 3.26. The zero-order valence-corrected chi connectivity index (χ0v) is 11.6. The number of nitrogens with two attached hydrogens (primary N) is 1. The fraction of sp³-hybridized carbons (Fsp3) is 0.267. The van der Waals surface area contributed by atoms with E-state index in [4.69, 9.17) is 15.3 Å². The molecule has 0 radical (unpaired) electrons. The molecule has 1 aliphatic rings. The van der Waals surface area contributed by atoms with Crippen molar-refractivity contribution in [3.63, 3.8) is 0 Å². The second-order valence-electron chi connectivity index (χ2n) is 4.73. The van der Waals surface area contributed by atoms with E-state index in [0.29, 0.717) is 19.0 Å². The van der Waals surface area contributed by atoms with E-state index in [2.05, 4.69) is 21.8 Å². The van der Waals surface area contributed by atoms with Crippen molar-refractivity contribution in [1.82, 2.24) is 4.98 Å². The Kier molecular flexibility index (Phi) is 4.07. The van der Waals surface area contributed by atoms with Gasteiger partial charge < -0.3 is 20.2 Å². The van der Waals surface area contributed by atoms with E-state index in [9.17, 15) is 0 Å². The fourth-order valence-corrected chi connectivity index (χ4v) is 2.21. The first-order valence-electron chi connectivity index (χ1n) is 6.90. The van der Waals surface area contributed by atoms with Gasteiger partial charge in [-0.15, -0.1) is 0 Å². The molecule has 21 heavy (non-hydrogen) atoms. The number of anilines is 2. The molecule has 1 aromatic carbocycles. The summed E-state index contributed by atoms with van der Waals surface area (Å²) in [6.07, 6.45) is 2.60. The monoisotopic (exact) mass is 286 g/mol. The van der Waals surface area contributed by atoms with Crippen molar-refractivity contribution in [2.24, 2.45) is 5.84 Å². The molecule has 0 atom stereocenters. The van der Waals surface area contributed by atoms with Crippen molar-refractivity contribution in [2.75, 3.05) is 30.5 Å². The molecule has 2 aromatic rings. The Bertz CT molecular complexity index is 618. The summed E-state index contributed by atoms with van der Waals surface area (Å²) in [7, 11) is 0. The summed E-state index contributed by atoms with van der Waals surface area (Å²) < 4.78 is 11.1. The summed E-state index contributed by atoms with van der Waals surface area (Å²) in [5.74, 6) is 7.63. The van der Waals surface area contributed by atoms with Gasteiger partial charge in [0.2, 0.25) is 0 Å². The molecule has 0 spiro atoms. The molecule has 0 bridgehead atoms. The predicted molar refractivity (Wildman–Crippen MR) is 81.7 cm³/mol. The third kappa shape index (κ3) is 3.35. The molecule has 6 nitrogen and oxygen atoms in total. The normalized spacial score (nSPS) is 12.8. The number of hydrazine groups is 1. The van der Waals surface area contributed by atoms with E-state index < -0.39 is 0 Å². The Morgan fingerprint density at radius 1 is 1.10 bits per heavy atom. The lowest BCUT2D eigenvalue weighted by molar-refractivity contribution is 0.171. The molecule has 0 amide bonds. The number of nitrogens with zero attached hydrogens (tertiary/aromatic N) is 1. The van der Waals surface area contributed by atoms with Crippen LogP contribution >= 0.6 is 0 Å².